The fourth-order valence-electron chi connectivity index (χ4n) is 3.08. The second-order valence-corrected chi connectivity index (χ2v) is 5.53. The summed E-state index contributed by atoms with van der Waals surface area (Å²) < 4.78 is 5.35. The van der Waals surface area contributed by atoms with E-state index in [9.17, 15) is 9.90 Å². The Balaban J connectivity index is 1.91. The highest BCUT2D eigenvalue weighted by atomic mass is 16.5. The Hall–Kier alpha value is -0.650. The Kier molecular flexibility index (Phi) is 5.60. The molecule has 0 aromatic rings. The number of hydrogen-bond acceptors (Lipinski definition) is 4. The van der Waals surface area contributed by atoms with Crippen molar-refractivity contribution in [1.82, 2.24) is 9.80 Å². The van der Waals surface area contributed by atoms with Crippen molar-refractivity contribution in [1.29, 1.82) is 0 Å². The van der Waals surface area contributed by atoms with Crippen LogP contribution in [0.1, 0.15) is 32.6 Å². The minimum atomic E-state index is -0.0254. The molecule has 19 heavy (non-hydrogen) atoms. The van der Waals surface area contributed by atoms with Gasteiger partial charge in [0.25, 0.3) is 0 Å². The van der Waals surface area contributed by atoms with E-state index in [0.717, 1.165) is 32.4 Å². The van der Waals surface area contributed by atoms with Crippen LogP contribution in [0.5, 0.6) is 0 Å². The van der Waals surface area contributed by atoms with Gasteiger partial charge in [-0.05, 0) is 25.7 Å². The lowest BCUT2D eigenvalue weighted by molar-refractivity contribution is -0.139. The maximum atomic E-state index is 12.5. The highest BCUT2D eigenvalue weighted by molar-refractivity contribution is 5.78. The molecule has 2 aliphatic rings. The average Bonchev–Trinajstić information content (AvgIpc) is 2.47. The Morgan fingerprint density at radius 3 is 2.89 bits per heavy atom. The predicted octanol–water partition coefficient (Wildman–Crippen LogP) is 0.471. The van der Waals surface area contributed by atoms with Crippen molar-refractivity contribution in [3.63, 3.8) is 0 Å². The predicted molar refractivity (Wildman–Crippen MR) is 72.9 cm³/mol. The van der Waals surface area contributed by atoms with Gasteiger partial charge in [0.2, 0.25) is 5.91 Å². The van der Waals surface area contributed by atoms with Gasteiger partial charge < -0.3 is 14.7 Å². The topological polar surface area (TPSA) is 53.0 Å². The zero-order chi connectivity index (χ0) is 13.7. The second kappa shape index (κ2) is 7.22. The summed E-state index contributed by atoms with van der Waals surface area (Å²) in [6.45, 7) is 5.45. The van der Waals surface area contributed by atoms with Gasteiger partial charge in [0.05, 0.1) is 32.4 Å². The van der Waals surface area contributed by atoms with E-state index in [2.05, 4.69) is 11.8 Å². The van der Waals surface area contributed by atoms with Crippen molar-refractivity contribution < 1.29 is 14.6 Å². The van der Waals surface area contributed by atoms with Crippen molar-refractivity contribution in [3.8, 4) is 0 Å². The van der Waals surface area contributed by atoms with Gasteiger partial charge in [0.1, 0.15) is 0 Å². The summed E-state index contributed by atoms with van der Waals surface area (Å²) in [6, 6.07) is 0.387. The molecule has 0 spiro atoms. The minimum absolute atomic E-state index is 0.0254. The summed E-state index contributed by atoms with van der Waals surface area (Å²) in [4.78, 5) is 16.6. The summed E-state index contributed by atoms with van der Waals surface area (Å²) in [5.41, 5.74) is 0. The number of piperidine rings is 1. The van der Waals surface area contributed by atoms with Crippen LogP contribution in [0.2, 0.25) is 0 Å². The number of amides is 1. The molecule has 110 valence electrons. The molecule has 1 amide bonds. The van der Waals surface area contributed by atoms with E-state index in [-0.39, 0.29) is 18.6 Å². The molecule has 2 rings (SSSR count). The second-order valence-electron chi connectivity index (χ2n) is 5.53. The van der Waals surface area contributed by atoms with E-state index in [4.69, 9.17) is 4.74 Å². The Morgan fingerprint density at radius 2 is 2.16 bits per heavy atom. The van der Waals surface area contributed by atoms with Crippen molar-refractivity contribution in [2.45, 2.75) is 44.7 Å². The number of carbonyl (C=O) groups excluding carboxylic acids is 1. The number of ether oxygens (including phenoxy) is 1. The van der Waals surface area contributed by atoms with Crippen LogP contribution >= 0.6 is 0 Å². The van der Waals surface area contributed by atoms with Crippen molar-refractivity contribution in [2.24, 2.45) is 0 Å². The first kappa shape index (κ1) is 14.8. The summed E-state index contributed by atoms with van der Waals surface area (Å²) in [7, 11) is 0. The number of nitrogens with zero attached hydrogens (tertiary/aromatic N) is 2. The molecule has 2 atom stereocenters. The lowest BCUT2D eigenvalue weighted by Gasteiger charge is -2.39. The van der Waals surface area contributed by atoms with Gasteiger partial charge in [0, 0.05) is 19.1 Å². The molecule has 2 saturated heterocycles. The van der Waals surface area contributed by atoms with Crippen LogP contribution in [0, 0.1) is 0 Å². The molecule has 5 heteroatoms. The molecule has 2 fully saturated rings. The van der Waals surface area contributed by atoms with Crippen LogP contribution in [0.4, 0.5) is 0 Å². The van der Waals surface area contributed by atoms with Crippen LogP contribution in [0.25, 0.3) is 0 Å². The molecule has 2 heterocycles. The van der Waals surface area contributed by atoms with Crippen LogP contribution < -0.4 is 0 Å². The number of rotatable bonds is 4. The van der Waals surface area contributed by atoms with Crippen LogP contribution in [0.3, 0.4) is 0 Å². The van der Waals surface area contributed by atoms with Crippen molar-refractivity contribution >= 4 is 5.91 Å². The highest BCUT2D eigenvalue weighted by Gasteiger charge is 2.29. The third-order valence-corrected chi connectivity index (χ3v) is 4.32. The van der Waals surface area contributed by atoms with Gasteiger partial charge in [-0.1, -0.05) is 6.92 Å². The zero-order valence-corrected chi connectivity index (χ0v) is 11.9. The van der Waals surface area contributed by atoms with E-state index < -0.39 is 0 Å². The fraction of sp³-hybridized carbons (Fsp3) is 0.929. The third-order valence-electron chi connectivity index (χ3n) is 4.32. The van der Waals surface area contributed by atoms with Crippen molar-refractivity contribution in [2.75, 3.05) is 39.5 Å². The highest BCUT2D eigenvalue weighted by Crippen LogP contribution is 2.20. The molecular weight excluding hydrogens is 244 g/mol. The molecule has 1 N–H and O–H groups in total. The monoisotopic (exact) mass is 270 g/mol. The SMILES string of the molecule is CCC1CCCCN1C(=O)CN1CCOCC1CO. The number of carbonyl (C=O) groups is 1. The molecule has 0 radical (unpaired) electrons. The Bertz CT molecular complexity index is 298. The maximum absolute atomic E-state index is 12.5. The number of aliphatic hydroxyl groups is 1. The lowest BCUT2D eigenvalue weighted by Crippen LogP contribution is -2.54. The van der Waals surface area contributed by atoms with E-state index in [1.807, 2.05) is 4.90 Å². The largest absolute Gasteiger partial charge is 0.395 e. The number of morpholine rings is 1. The van der Waals surface area contributed by atoms with Gasteiger partial charge in [-0.3, -0.25) is 9.69 Å². The molecular formula is C14H26N2O3. The average molecular weight is 270 g/mol. The molecule has 2 aliphatic heterocycles. The first-order valence-corrected chi connectivity index (χ1v) is 7.48. The fourth-order valence-corrected chi connectivity index (χ4v) is 3.08. The maximum Gasteiger partial charge on any atom is 0.237 e. The summed E-state index contributed by atoms with van der Waals surface area (Å²) in [5, 5.41) is 9.34. The third kappa shape index (κ3) is 3.68. The van der Waals surface area contributed by atoms with Crippen LogP contribution in [-0.2, 0) is 9.53 Å². The van der Waals surface area contributed by atoms with E-state index in [1.54, 1.807) is 0 Å². The lowest BCUT2D eigenvalue weighted by atomic mass is 10.00. The summed E-state index contributed by atoms with van der Waals surface area (Å²) in [6.07, 6.45) is 4.53. The van der Waals surface area contributed by atoms with Crippen molar-refractivity contribution in [3.05, 3.63) is 0 Å². The van der Waals surface area contributed by atoms with Crippen LogP contribution in [-0.4, -0.2) is 72.4 Å². The van der Waals surface area contributed by atoms with E-state index >= 15 is 0 Å². The van der Waals surface area contributed by atoms with Gasteiger partial charge in [-0.2, -0.15) is 0 Å². The standard InChI is InChI=1S/C14H26N2O3/c1-2-12-5-3-4-6-16(12)14(18)9-15-7-8-19-11-13(15)10-17/h12-13,17H,2-11H2,1H3. The smallest absolute Gasteiger partial charge is 0.237 e. The van der Waals surface area contributed by atoms with E-state index in [1.165, 1.54) is 6.42 Å². The quantitative estimate of drug-likeness (QED) is 0.807. The van der Waals surface area contributed by atoms with Gasteiger partial charge in [-0.25, -0.2) is 0 Å². The summed E-state index contributed by atoms with van der Waals surface area (Å²) >= 11 is 0. The molecule has 0 saturated carbocycles. The molecule has 0 aromatic heterocycles. The number of hydrogen-bond donors (Lipinski definition) is 1. The minimum Gasteiger partial charge on any atom is -0.395 e. The summed E-state index contributed by atoms with van der Waals surface area (Å²) in [5.74, 6) is 0.215. The molecule has 0 aromatic carbocycles. The van der Waals surface area contributed by atoms with Gasteiger partial charge >= 0.3 is 0 Å². The normalized spacial score (nSPS) is 29.5. The first-order chi connectivity index (χ1) is 9.26. The number of likely N-dealkylation sites (tertiary alicyclic amines) is 1. The molecule has 2 unspecified atom stereocenters. The zero-order valence-electron chi connectivity index (χ0n) is 11.9. The first-order valence-electron chi connectivity index (χ1n) is 7.48. The Labute approximate surface area is 115 Å². The molecule has 0 bridgehead atoms. The van der Waals surface area contributed by atoms with Gasteiger partial charge in [-0.15, -0.1) is 0 Å². The van der Waals surface area contributed by atoms with Gasteiger partial charge in [0.15, 0.2) is 0 Å². The molecule has 5 nitrogen and oxygen atoms in total. The Morgan fingerprint density at radius 1 is 1.32 bits per heavy atom. The molecule has 0 aliphatic carbocycles. The number of aliphatic hydroxyl groups excluding tert-OH is 1. The van der Waals surface area contributed by atoms with Crippen LogP contribution in [0.15, 0.2) is 0 Å². The van der Waals surface area contributed by atoms with E-state index in [0.29, 0.717) is 25.8 Å².